The molecule has 0 bridgehead atoms. The van der Waals surface area contributed by atoms with E-state index < -0.39 is 16.1 Å². The number of methoxy groups -OCH3 is 1. The highest BCUT2D eigenvalue weighted by molar-refractivity contribution is 7.92. The molecule has 0 spiro atoms. The Bertz CT molecular complexity index is 761. The smallest absolute Gasteiger partial charge is 0.244 e. The van der Waals surface area contributed by atoms with Crippen molar-refractivity contribution in [2.75, 3.05) is 17.7 Å². The van der Waals surface area contributed by atoms with Gasteiger partial charge in [0.25, 0.3) is 0 Å². The minimum absolute atomic E-state index is 0.0875. The number of nitrogens with one attached hydrogen (secondary N) is 1. The number of hydrogen-bond donors (Lipinski definition) is 1. The minimum Gasteiger partial charge on any atom is -0.495 e. The van der Waals surface area contributed by atoms with Crippen LogP contribution in [-0.4, -0.2) is 39.8 Å². The molecule has 28 heavy (non-hydrogen) atoms. The van der Waals surface area contributed by atoms with Gasteiger partial charge in [-0.1, -0.05) is 50.6 Å². The Morgan fingerprint density at radius 3 is 2.39 bits per heavy atom. The van der Waals surface area contributed by atoms with Crippen LogP contribution in [0.2, 0.25) is 5.02 Å². The van der Waals surface area contributed by atoms with E-state index in [9.17, 15) is 13.2 Å². The van der Waals surface area contributed by atoms with Crippen LogP contribution >= 0.6 is 11.6 Å². The number of amides is 1. The van der Waals surface area contributed by atoms with E-state index in [1.165, 1.54) is 32.4 Å². The van der Waals surface area contributed by atoms with Crippen molar-refractivity contribution in [2.24, 2.45) is 0 Å². The molecule has 0 aromatic heterocycles. The van der Waals surface area contributed by atoms with Crippen molar-refractivity contribution in [3.8, 4) is 5.75 Å². The summed E-state index contributed by atoms with van der Waals surface area (Å²) in [5, 5.41) is 3.47. The van der Waals surface area contributed by atoms with Gasteiger partial charge in [-0.15, -0.1) is 0 Å². The maximum absolute atomic E-state index is 13.1. The Kier molecular flexibility index (Phi) is 8.43. The second kappa shape index (κ2) is 10.3. The predicted octanol–water partition coefficient (Wildman–Crippen LogP) is 4.12. The first-order valence-corrected chi connectivity index (χ1v) is 12.1. The summed E-state index contributed by atoms with van der Waals surface area (Å²) < 4.78 is 31.8. The molecule has 0 unspecified atom stereocenters. The first-order valence-electron chi connectivity index (χ1n) is 9.91. The normalized spacial score (nSPS) is 17.3. The molecule has 2 rings (SSSR count). The Morgan fingerprint density at radius 2 is 1.86 bits per heavy atom. The maximum Gasteiger partial charge on any atom is 0.244 e. The zero-order chi connectivity index (χ0) is 20.7. The average molecular weight is 431 g/mol. The van der Waals surface area contributed by atoms with Crippen LogP contribution in [0, 0.1) is 0 Å². The lowest BCUT2D eigenvalue weighted by molar-refractivity contribution is -0.123. The number of rotatable bonds is 7. The second-order valence-corrected chi connectivity index (χ2v) is 9.65. The maximum atomic E-state index is 13.1. The standard InChI is InChI=1S/C20H31ClN2O4S/c1-4-17(20(24)22-16-10-8-6-5-7-9-11-16)23(28(3,25)26)18-14-15(21)12-13-19(18)27-2/h12-14,16-17H,4-11H2,1-3H3,(H,22,24)/t17-/m0/s1. The van der Waals surface area contributed by atoms with Crippen LogP contribution in [0.5, 0.6) is 5.75 Å². The molecule has 0 heterocycles. The highest BCUT2D eigenvalue weighted by Crippen LogP contribution is 2.35. The Hall–Kier alpha value is -1.47. The molecule has 0 radical (unpaired) electrons. The lowest BCUT2D eigenvalue weighted by atomic mass is 9.96. The van der Waals surface area contributed by atoms with Gasteiger partial charge >= 0.3 is 0 Å². The summed E-state index contributed by atoms with van der Waals surface area (Å²) in [4.78, 5) is 13.1. The van der Waals surface area contributed by atoms with Crippen LogP contribution in [0.25, 0.3) is 0 Å². The molecular weight excluding hydrogens is 400 g/mol. The first kappa shape index (κ1) is 22.8. The van der Waals surface area contributed by atoms with Crippen molar-refractivity contribution >= 4 is 33.2 Å². The SMILES string of the molecule is CC[C@@H](C(=O)NC1CCCCCCC1)N(c1cc(Cl)ccc1OC)S(C)(=O)=O. The first-order chi connectivity index (χ1) is 13.3. The van der Waals surface area contributed by atoms with Gasteiger partial charge in [-0.05, 0) is 37.5 Å². The number of carbonyl (C=O) groups excluding carboxylic acids is 1. The number of halogens is 1. The topological polar surface area (TPSA) is 75.7 Å². The van der Waals surface area contributed by atoms with Crippen LogP contribution in [0.1, 0.15) is 58.3 Å². The van der Waals surface area contributed by atoms with Crippen LogP contribution in [-0.2, 0) is 14.8 Å². The highest BCUT2D eigenvalue weighted by Gasteiger charge is 2.34. The van der Waals surface area contributed by atoms with Crippen LogP contribution in [0.4, 0.5) is 5.69 Å². The average Bonchev–Trinajstić information content (AvgIpc) is 2.60. The van der Waals surface area contributed by atoms with E-state index in [0.29, 0.717) is 17.2 Å². The summed E-state index contributed by atoms with van der Waals surface area (Å²) in [7, 11) is -2.28. The molecule has 1 amide bonds. The summed E-state index contributed by atoms with van der Waals surface area (Å²) in [5.74, 6) is 0.0764. The van der Waals surface area contributed by atoms with Gasteiger partial charge in [-0.25, -0.2) is 8.42 Å². The molecule has 1 aliphatic carbocycles. The van der Waals surface area contributed by atoms with Gasteiger partial charge in [0.1, 0.15) is 11.8 Å². The molecule has 1 aliphatic rings. The summed E-state index contributed by atoms with van der Waals surface area (Å²) in [6, 6.07) is 3.97. The van der Waals surface area contributed by atoms with Gasteiger partial charge in [0, 0.05) is 11.1 Å². The number of carbonyl (C=O) groups is 1. The van der Waals surface area contributed by atoms with Gasteiger partial charge in [0.05, 0.1) is 19.1 Å². The fourth-order valence-corrected chi connectivity index (χ4v) is 5.14. The zero-order valence-electron chi connectivity index (χ0n) is 16.9. The fourth-order valence-electron chi connectivity index (χ4n) is 3.77. The van der Waals surface area contributed by atoms with Crippen molar-refractivity contribution in [1.82, 2.24) is 5.32 Å². The molecule has 1 aromatic carbocycles. The molecule has 6 nitrogen and oxygen atoms in total. The van der Waals surface area contributed by atoms with E-state index in [1.54, 1.807) is 19.1 Å². The van der Waals surface area contributed by atoms with Crippen molar-refractivity contribution in [3.63, 3.8) is 0 Å². The third-order valence-corrected chi connectivity index (χ3v) is 6.56. The predicted molar refractivity (Wildman–Crippen MR) is 114 cm³/mol. The lowest BCUT2D eigenvalue weighted by Crippen LogP contribution is -2.51. The molecular formula is C20H31ClN2O4S. The number of hydrogen-bond acceptors (Lipinski definition) is 4. The second-order valence-electron chi connectivity index (χ2n) is 7.35. The molecule has 1 aromatic rings. The summed E-state index contributed by atoms with van der Waals surface area (Å²) >= 11 is 6.11. The summed E-state index contributed by atoms with van der Waals surface area (Å²) in [5.41, 5.74) is 0.275. The highest BCUT2D eigenvalue weighted by atomic mass is 35.5. The van der Waals surface area contributed by atoms with Gasteiger partial charge < -0.3 is 10.1 Å². The van der Waals surface area contributed by atoms with Gasteiger partial charge in [0.15, 0.2) is 0 Å². The van der Waals surface area contributed by atoms with Crippen LogP contribution in [0.3, 0.4) is 0 Å². The lowest BCUT2D eigenvalue weighted by Gasteiger charge is -2.32. The number of benzene rings is 1. The van der Waals surface area contributed by atoms with E-state index >= 15 is 0 Å². The van der Waals surface area contributed by atoms with Crippen molar-refractivity contribution in [2.45, 2.75) is 70.4 Å². The van der Waals surface area contributed by atoms with Crippen molar-refractivity contribution < 1.29 is 17.9 Å². The van der Waals surface area contributed by atoms with E-state index in [2.05, 4.69) is 5.32 Å². The Balaban J connectivity index is 2.33. The quantitative estimate of drug-likeness (QED) is 0.705. The van der Waals surface area contributed by atoms with E-state index in [0.717, 1.165) is 36.2 Å². The van der Waals surface area contributed by atoms with E-state index in [1.807, 2.05) is 0 Å². The van der Waals surface area contributed by atoms with E-state index in [4.69, 9.17) is 16.3 Å². The molecule has 158 valence electrons. The Morgan fingerprint density at radius 1 is 1.25 bits per heavy atom. The summed E-state index contributed by atoms with van der Waals surface area (Å²) in [6.07, 6.45) is 9.06. The number of anilines is 1. The minimum atomic E-state index is -3.74. The molecule has 1 saturated carbocycles. The fraction of sp³-hybridized carbons (Fsp3) is 0.650. The summed E-state index contributed by atoms with van der Waals surface area (Å²) in [6.45, 7) is 1.80. The van der Waals surface area contributed by atoms with Gasteiger partial charge in [0.2, 0.25) is 15.9 Å². The third-order valence-electron chi connectivity index (χ3n) is 5.16. The zero-order valence-corrected chi connectivity index (χ0v) is 18.5. The molecule has 8 heteroatoms. The van der Waals surface area contributed by atoms with Crippen LogP contribution in [0.15, 0.2) is 18.2 Å². The molecule has 1 fully saturated rings. The number of sulfonamides is 1. The Labute approximate surface area is 173 Å². The molecule has 1 N–H and O–H groups in total. The number of nitrogens with zero attached hydrogens (tertiary/aromatic N) is 1. The van der Waals surface area contributed by atoms with Gasteiger partial charge in [-0.2, -0.15) is 0 Å². The third kappa shape index (κ3) is 6.01. The van der Waals surface area contributed by atoms with Crippen molar-refractivity contribution in [1.29, 1.82) is 0 Å². The van der Waals surface area contributed by atoms with E-state index in [-0.39, 0.29) is 17.6 Å². The largest absolute Gasteiger partial charge is 0.495 e. The van der Waals surface area contributed by atoms with Crippen LogP contribution < -0.4 is 14.4 Å². The molecule has 0 saturated heterocycles. The monoisotopic (exact) mass is 430 g/mol. The molecule has 0 aliphatic heterocycles. The van der Waals surface area contributed by atoms with Crippen molar-refractivity contribution in [3.05, 3.63) is 23.2 Å². The number of ether oxygens (including phenoxy) is 1. The molecule has 1 atom stereocenters. The van der Waals surface area contributed by atoms with Gasteiger partial charge in [-0.3, -0.25) is 9.10 Å².